The monoisotopic (exact) mass is 531 g/mol. The first-order valence-corrected chi connectivity index (χ1v) is 14.3. The van der Waals surface area contributed by atoms with Gasteiger partial charge < -0.3 is 0 Å². The lowest BCUT2D eigenvalue weighted by Crippen LogP contribution is -2.47. The number of thiophene rings is 1. The number of hydrogen-bond donors (Lipinski definition) is 0. The molecule has 1 amide bonds. The van der Waals surface area contributed by atoms with Gasteiger partial charge in [-0.2, -0.15) is 4.31 Å². The molecule has 0 N–H and O–H groups in total. The van der Waals surface area contributed by atoms with Crippen molar-refractivity contribution in [3.05, 3.63) is 76.1 Å². The summed E-state index contributed by atoms with van der Waals surface area (Å²) >= 11 is 8.45. The number of fused-ring (bicyclic) bond motifs is 1. The van der Waals surface area contributed by atoms with E-state index in [0.717, 1.165) is 32.7 Å². The zero-order valence-corrected chi connectivity index (χ0v) is 21.6. The average molecular weight is 532 g/mol. The highest BCUT2D eigenvalue weighted by atomic mass is 35.5. The van der Waals surface area contributed by atoms with Gasteiger partial charge in [-0.15, -0.1) is 11.3 Å². The van der Waals surface area contributed by atoms with E-state index in [4.69, 9.17) is 16.6 Å². The first kappa shape index (κ1) is 23.4. The summed E-state index contributed by atoms with van der Waals surface area (Å²) in [4.78, 5) is 20.3. The number of carbonyl (C=O) groups excluding carboxylic acids is 1. The second-order valence-corrected chi connectivity index (χ2v) is 13.1. The van der Waals surface area contributed by atoms with Crippen molar-refractivity contribution in [2.75, 3.05) is 11.4 Å². The maximum absolute atomic E-state index is 14.0. The van der Waals surface area contributed by atoms with Gasteiger partial charge in [0.25, 0.3) is 10.0 Å². The molecule has 4 aromatic rings. The number of anilines is 1. The number of halogens is 1. The Morgan fingerprint density at radius 3 is 2.68 bits per heavy atom. The van der Waals surface area contributed by atoms with Crippen LogP contribution in [0.4, 0.5) is 5.13 Å². The summed E-state index contributed by atoms with van der Waals surface area (Å²) in [5.41, 5.74) is 2.88. The zero-order valence-electron chi connectivity index (χ0n) is 18.3. The third-order valence-electron chi connectivity index (χ3n) is 5.81. The summed E-state index contributed by atoms with van der Waals surface area (Å²) in [7, 11) is -3.83. The second-order valence-electron chi connectivity index (χ2n) is 8.21. The molecule has 3 heterocycles. The van der Waals surface area contributed by atoms with E-state index in [9.17, 15) is 13.2 Å². The Morgan fingerprint density at radius 2 is 1.94 bits per heavy atom. The van der Waals surface area contributed by atoms with Gasteiger partial charge in [-0.3, -0.25) is 9.69 Å². The van der Waals surface area contributed by atoms with Crippen molar-refractivity contribution in [3.8, 4) is 0 Å². The van der Waals surface area contributed by atoms with Crippen molar-refractivity contribution < 1.29 is 13.2 Å². The van der Waals surface area contributed by atoms with Gasteiger partial charge in [0.05, 0.1) is 21.1 Å². The minimum absolute atomic E-state index is 0.155. The summed E-state index contributed by atoms with van der Waals surface area (Å²) < 4.78 is 29.6. The van der Waals surface area contributed by atoms with Crippen LogP contribution < -0.4 is 4.90 Å². The van der Waals surface area contributed by atoms with Gasteiger partial charge in [-0.25, -0.2) is 13.4 Å². The number of hydrogen-bond acceptors (Lipinski definition) is 6. The van der Waals surface area contributed by atoms with E-state index in [1.807, 2.05) is 49.4 Å². The molecule has 1 fully saturated rings. The van der Waals surface area contributed by atoms with Gasteiger partial charge in [0, 0.05) is 6.54 Å². The molecule has 1 saturated heterocycles. The quantitative estimate of drug-likeness (QED) is 0.320. The summed E-state index contributed by atoms with van der Waals surface area (Å²) in [5.74, 6) is -0.261. The van der Waals surface area contributed by atoms with Crippen LogP contribution in [0.25, 0.3) is 10.2 Å². The van der Waals surface area contributed by atoms with Crippen molar-refractivity contribution >= 4 is 65.6 Å². The topological polar surface area (TPSA) is 70.6 Å². The van der Waals surface area contributed by atoms with Crippen molar-refractivity contribution in [1.82, 2.24) is 9.29 Å². The maximum atomic E-state index is 14.0. The molecule has 1 aliphatic rings. The SMILES string of the molecule is Cc1ccc2nc(N(Cc3ccccc3)C(=O)C3CCCN3S(=O)(=O)c3ccc(Cl)s3)sc2c1. The highest BCUT2D eigenvalue weighted by molar-refractivity contribution is 7.91. The molecule has 2 aromatic heterocycles. The molecule has 176 valence electrons. The largest absolute Gasteiger partial charge is 0.282 e. The van der Waals surface area contributed by atoms with E-state index in [1.165, 1.54) is 21.7 Å². The Labute approximate surface area is 211 Å². The van der Waals surface area contributed by atoms with Crippen LogP contribution in [0.15, 0.2) is 64.9 Å². The highest BCUT2D eigenvalue weighted by Crippen LogP contribution is 2.35. The fraction of sp³-hybridized carbons (Fsp3) is 0.250. The van der Waals surface area contributed by atoms with Crippen molar-refractivity contribution in [1.29, 1.82) is 0 Å². The highest BCUT2D eigenvalue weighted by Gasteiger charge is 2.42. The molecule has 0 bridgehead atoms. The molecule has 1 unspecified atom stereocenters. The third-order valence-corrected chi connectivity index (χ3v) is 10.5. The minimum Gasteiger partial charge on any atom is -0.282 e. The van der Waals surface area contributed by atoms with E-state index in [0.29, 0.717) is 35.4 Å². The molecule has 2 aromatic carbocycles. The van der Waals surface area contributed by atoms with Gasteiger partial charge in [0.1, 0.15) is 10.3 Å². The number of benzene rings is 2. The minimum atomic E-state index is -3.83. The fourth-order valence-electron chi connectivity index (χ4n) is 4.15. The summed E-state index contributed by atoms with van der Waals surface area (Å²) in [5, 5.41) is 0.567. The van der Waals surface area contributed by atoms with E-state index < -0.39 is 16.1 Å². The van der Waals surface area contributed by atoms with Crippen LogP contribution in [0.3, 0.4) is 0 Å². The first-order chi connectivity index (χ1) is 16.3. The Bertz CT molecular complexity index is 1450. The number of aryl methyl sites for hydroxylation is 1. The molecule has 34 heavy (non-hydrogen) atoms. The van der Waals surface area contributed by atoms with E-state index in [2.05, 4.69) is 6.07 Å². The fourth-order valence-corrected chi connectivity index (χ4v) is 8.48. The maximum Gasteiger partial charge on any atom is 0.253 e. The molecule has 0 spiro atoms. The van der Waals surface area contributed by atoms with Crippen LogP contribution >= 0.6 is 34.3 Å². The van der Waals surface area contributed by atoms with Gasteiger partial charge >= 0.3 is 0 Å². The molecule has 0 aliphatic carbocycles. The number of thiazole rings is 1. The van der Waals surface area contributed by atoms with Crippen LogP contribution in [0.2, 0.25) is 4.34 Å². The van der Waals surface area contributed by atoms with Crippen LogP contribution in [-0.2, 0) is 21.4 Å². The number of rotatable bonds is 6. The lowest BCUT2D eigenvalue weighted by Gasteiger charge is -2.28. The molecular formula is C24H22ClN3O3S3. The van der Waals surface area contributed by atoms with Gasteiger partial charge in [0.2, 0.25) is 5.91 Å². The number of aromatic nitrogens is 1. The summed E-state index contributed by atoms with van der Waals surface area (Å²) in [6, 6.07) is 17.9. The Morgan fingerprint density at radius 1 is 1.15 bits per heavy atom. The molecule has 6 nitrogen and oxygen atoms in total. The molecule has 0 saturated carbocycles. The number of nitrogens with zero attached hydrogens (tertiary/aromatic N) is 3. The van der Waals surface area contributed by atoms with E-state index in [-0.39, 0.29) is 10.1 Å². The van der Waals surface area contributed by atoms with Crippen molar-refractivity contribution in [2.24, 2.45) is 0 Å². The second kappa shape index (κ2) is 9.39. The van der Waals surface area contributed by atoms with Crippen molar-refractivity contribution in [2.45, 2.75) is 36.6 Å². The first-order valence-electron chi connectivity index (χ1n) is 10.8. The van der Waals surface area contributed by atoms with Crippen LogP contribution in [-0.4, -0.2) is 36.2 Å². The number of carbonyl (C=O) groups is 1. The molecule has 5 rings (SSSR count). The van der Waals surface area contributed by atoms with Crippen molar-refractivity contribution in [3.63, 3.8) is 0 Å². The van der Waals surface area contributed by atoms with Gasteiger partial charge in [-0.1, -0.05) is 59.3 Å². The predicted octanol–water partition coefficient (Wildman–Crippen LogP) is 5.71. The zero-order chi connectivity index (χ0) is 23.9. The van der Waals surface area contributed by atoms with Gasteiger partial charge in [0.15, 0.2) is 5.13 Å². The van der Waals surface area contributed by atoms with Crippen LogP contribution in [0.5, 0.6) is 0 Å². The standard InChI is InChI=1S/C24H22ClN3O3S3/c1-16-9-10-18-20(14-16)32-24(26-18)27(15-17-6-3-2-4-7-17)23(29)19-8-5-13-28(19)34(30,31)22-12-11-21(25)33-22/h2-4,6-7,9-12,14,19H,5,8,13,15H2,1H3. The number of amides is 1. The van der Waals surface area contributed by atoms with E-state index >= 15 is 0 Å². The molecule has 1 aliphatic heterocycles. The van der Waals surface area contributed by atoms with Crippen LogP contribution in [0, 0.1) is 6.92 Å². The Kier molecular flexibility index (Phi) is 6.47. The van der Waals surface area contributed by atoms with Crippen LogP contribution in [0.1, 0.15) is 24.0 Å². The normalized spacial score (nSPS) is 16.8. The number of sulfonamides is 1. The lowest BCUT2D eigenvalue weighted by molar-refractivity contribution is -0.121. The molecule has 1 atom stereocenters. The third kappa shape index (κ3) is 4.50. The van der Waals surface area contributed by atoms with E-state index in [1.54, 1.807) is 11.0 Å². The predicted molar refractivity (Wildman–Crippen MR) is 138 cm³/mol. The smallest absolute Gasteiger partial charge is 0.253 e. The summed E-state index contributed by atoms with van der Waals surface area (Å²) in [6.45, 7) is 2.63. The lowest BCUT2D eigenvalue weighted by atomic mass is 10.1. The molecule has 10 heteroatoms. The molecule has 0 radical (unpaired) electrons. The molecular weight excluding hydrogens is 510 g/mol. The summed E-state index contributed by atoms with van der Waals surface area (Å²) in [6.07, 6.45) is 1.08. The van der Waals surface area contributed by atoms with Gasteiger partial charge in [-0.05, 0) is 55.2 Å². The Balaban J connectivity index is 1.52. The Hall–Kier alpha value is -2.30. The average Bonchev–Trinajstić information content (AvgIpc) is 3.57.